The molecule has 160 valence electrons. The Balaban J connectivity index is 3.41. The van der Waals surface area contributed by atoms with Gasteiger partial charge in [0.15, 0.2) is 6.10 Å². The Morgan fingerprint density at radius 3 is 1.89 bits per heavy atom. The van der Waals surface area contributed by atoms with Gasteiger partial charge >= 0.3 is 11.9 Å². The number of carboxylic acid groups (broad SMARTS) is 1. The van der Waals surface area contributed by atoms with Gasteiger partial charge in [0.2, 0.25) is 0 Å². The minimum Gasteiger partial charge on any atom is -0.479 e. The fourth-order valence-electron chi connectivity index (χ4n) is 2.77. The van der Waals surface area contributed by atoms with Crippen LogP contribution in [0.3, 0.4) is 0 Å². The first-order valence-electron chi connectivity index (χ1n) is 11.0. The van der Waals surface area contributed by atoms with Gasteiger partial charge in [0.1, 0.15) is 0 Å². The molecule has 1 N–H and O–H groups in total. The van der Waals surface area contributed by atoms with Crippen LogP contribution >= 0.6 is 0 Å². The van der Waals surface area contributed by atoms with Gasteiger partial charge in [-0.3, -0.25) is 4.79 Å². The predicted molar refractivity (Wildman–Crippen MR) is 116 cm³/mol. The summed E-state index contributed by atoms with van der Waals surface area (Å²) in [6.07, 6.45) is 25.1. The van der Waals surface area contributed by atoms with E-state index in [0.29, 0.717) is 12.8 Å². The molecule has 0 heterocycles. The number of aliphatic carboxylic acids is 1. The van der Waals surface area contributed by atoms with E-state index in [9.17, 15) is 9.59 Å². The normalized spacial score (nSPS) is 12.9. The number of esters is 1. The topological polar surface area (TPSA) is 63.6 Å². The van der Waals surface area contributed by atoms with Crippen molar-refractivity contribution >= 4 is 11.9 Å². The molecule has 0 aliphatic heterocycles. The minimum absolute atomic E-state index is 0.309. The maximum atomic E-state index is 11.6. The first-order valence-corrected chi connectivity index (χ1v) is 11.0. The molecular weight excluding hydrogens is 352 g/mol. The van der Waals surface area contributed by atoms with Crippen molar-refractivity contribution in [1.29, 1.82) is 0 Å². The van der Waals surface area contributed by atoms with Crippen LogP contribution in [0.2, 0.25) is 0 Å². The number of hydrogen-bond donors (Lipinski definition) is 1. The molecular formula is C24H40O4. The number of allylic oxidation sites excluding steroid dienone is 6. The van der Waals surface area contributed by atoms with Crippen LogP contribution in [0.1, 0.15) is 97.3 Å². The lowest BCUT2D eigenvalue weighted by Gasteiger charge is -2.11. The summed E-state index contributed by atoms with van der Waals surface area (Å²) in [5.74, 6) is -1.46. The van der Waals surface area contributed by atoms with Gasteiger partial charge in [-0.25, -0.2) is 4.79 Å². The average Bonchev–Trinajstić information content (AvgIpc) is 2.68. The lowest BCUT2D eigenvalue weighted by atomic mass is 10.1. The minimum atomic E-state index is -1.07. The third-order valence-electron chi connectivity index (χ3n) is 4.45. The molecule has 0 rings (SSSR count). The first-order chi connectivity index (χ1) is 13.6. The Morgan fingerprint density at radius 1 is 0.786 bits per heavy atom. The quantitative estimate of drug-likeness (QED) is 0.159. The Hall–Kier alpha value is -1.84. The monoisotopic (exact) mass is 392 g/mol. The third-order valence-corrected chi connectivity index (χ3v) is 4.45. The molecule has 0 aromatic carbocycles. The highest BCUT2D eigenvalue weighted by Gasteiger charge is 2.19. The van der Waals surface area contributed by atoms with Crippen LogP contribution in [0.5, 0.6) is 0 Å². The second-order valence-corrected chi connectivity index (χ2v) is 7.03. The van der Waals surface area contributed by atoms with Crippen molar-refractivity contribution in [2.24, 2.45) is 0 Å². The van der Waals surface area contributed by atoms with E-state index in [-0.39, 0.29) is 0 Å². The van der Waals surface area contributed by atoms with Gasteiger partial charge < -0.3 is 9.84 Å². The molecule has 0 radical (unpaired) electrons. The number of hydrogen-bond acceptors (Lipinski definition) is 3. The van der Waals surface area contributed by atoms with Crippen molar-refractivity contribution in [3.63, 3.8) is 0 Å². The molecule has 4 heteroatoms. The predicted octanol–water partition coefficient (Wildman–Crippen LogP) is 6.76. The summed E-state index contributed by atoms with van der Waals surface area (Å²) >= 11 is 0. The highest BCUT2D eigenvalue weighted by atomic mass is 16.6. The maximum absolute atomic E-state index is 11.6. The van der Waals surface area contributed by atoms with E-state index in [2.05, 4.69) is 43.4 Å². The van der Waals surface area contributed by atoms with Crippen molar-refractivity contribution < 1.29 is 19.4 Å². The van der Waals surface area contributed by atoms with Gasteiger partial charge in [-0.05, 0) is 44.9 Å². The molecule has 0 amide bonds. The molecule has 0 spiro atoms. The fourth-order valence-corrected chi connectivity index (χ4v) is 2.77. The average molecular weight is 393 g/mol. The van der Waals surface area contributed by atoms with Crippen LogP contribution < -0.4 is 0 Å². The van der Waals surface area contributed by atoms with Crippen LogP contribution in [0.15, 0.2) is 36.5 Å². The lowest BCUT2D eigenvalue weighted by molar-refractivity contribution is -0.164. The smallest absolute Gasteiger partial charge is 0.345 e. The molecule has 0 saturated heterocycles. The van der Waals surface area contributed by atoms with Gasteiger partial charge in [-0.1, -0.05) is 82.4 Å². The van der Waals surface area contributed by atoms with Crippen molar-refractivity contribution in [2.45, 2.75) is 103 Å². The van der Waals surface area contributed by atoms with Crippen molar-refractivity contribution in [2.75, 3.05) is 0 Å². The molecule has 0 aliphatic rings. The van der Waals surface area contributed by atoms with E-state index in [1.165, 1.54) is 25.7 Å². The highest BCUT2D eigenvalue weighted by molar-refractivity contribution is 5.77. The summed E-state index contributed by atoms with van der Waals surface area (Å²) in [6.45, 7) is 3.85. The second-order valence-electron chi connectivity index (χ2n) is 7.03. The number of rotatable bonds is 18. The fraction of sp³-hybridized carbons (Fsp3) is 0.667. The number of unbranched alkanes of at least 4 members (excludes halogenated alkanes) is 7. The summed E-state index contributed by atoms with van der Waals surface area (Å²) in [6, 6.07) is 0. The molecule has 28 heavy (non-hydrogen) atoms. The Labute approximate surface area is 171 Å². The lowest BCUT2D eigenvalue weighted by Crippen LogP contribution is -2.26. The summed E-state index contributed by atoms with van der Waals surface area (Å²) in [4.78, 5) is 22.4. The van der Waals surface area contributed by atoms with Crippen LogP contribution in [0, 0.1) is 0 Å². The first kappa shape index (κ1) is 26.2. The summed E-state index contributed by atoms with van der Waals surface area (Å²) < 4.78 is 4.94. The van der Waals surface area contributed by atoms with E-state index in [1.54, 1.807) is 6.92 Å². The van der Waals surface area contributed by atoms with Gasteiger partial charge in [0.25, 0.3) is 0 Å². The van der Waals surface area contributed by atoms with Crippen LogP contribution in [0.4, 0.5) is 0 Å². The summed E-state index contributed by atoms with van der Waals surface area (Å²) in [5, 5.41) is 8.86. The van der Waals surface area contributed by atoms with E-state index in [0.717, 1.165) is 44.9 Å². The van der Waals surface area contributed by atoms with Crippen molar-refractivity contribution in [3.05, 3.63) is 36.5 Å². The number of carbonyl (C=O) groups is 2. The highest BCUT2D eigenvalue weighted by Crippen LogP contribution is 2.11. The molecule has 4 nitrogen and oxygen atoms in total. The van der Waals surface area contributed by atoms with E-state index < -0.39 is 18.0 Å². The van der Waals surface area contributed by atoms with Gasteiger partial charge in [-0.2, -0.15) is 0 Å². The Bertz CT molecular complexity index is 477. The van der Waals surface area contributed by atoms with Crippen LogP contribution in [-0.2, 0) is 14.3 Å². The third kappa shape index (κ3) is 17.6. The number of carboxylic acids is 1. The summed E-state index contributed by atoms with van der Waals surface area (Å²) in [5.41, 5.74) is 0. The maximum Gasteiger partial charge on any atom is 0.345 e. The second kappa shape index (κ2) is 19.9. The van der Waals surface area contributed by atoms with Gasteiger partial charge in [-0.15, -0.1) is 0 Å². The SMILES string of the molecule is CC/C=C\C/C=C\C/C=C\CCCCCCCCCC(=O)OC(CC)C(=O)O. The molecule has 0 aromatic rings. The van der Waals surface area contributed by atoms with Crippen molar-refractivity contribution in [3.8, 4) is 0 Å². The van der Waals surface area contributed by atoms with Crippen LogP contribution in [0.25, 0.3) is 0 Å². The Morgan fingerprint density at radius 2 is 1.32 bits per heavy atom. The molecule has 0 fully saturated rings. The van der Waals surface area contributed by atoms with E-state index >= 15 is 0 Å². The number of ether oxygens (including phenoxy) is 1. The molecule has 0 bridgehead atoms. The molecule has 1 atom stereocenters. The van der Waals surface area contributed by atoms with Gasteiger partial charge in [0, 0.05) is 6.42 Å². The Kier molecular flexibility index (Phi) is 18.6. The van der Waals surface area contributed by atoms with Gasteiger partial charge in [0.05, 0.1) is 0 Å². The zero-order chi connectivity index (χ0) is 20.9. The zero-order valence-corrected chi connectivity index (χ0v) is 17.9. The zero-order valence-electron chi connectivity index (χ0n) is 17.9. The van der Waals surface area contributed by atoms with E-state index in [4.69, 9.17) is 9.84 Å². The van der Waals surface area contributed by atoms with Crippen LogP contribution in [-0.4, -0.2) is 23.1 Å². The standard InChI is InChI=1S/C24H40O4/c1-3-5-6-7-8-9-10-11-12-13-14-15-16-17-18-19-20-21-23(25)28-22(4-2)24(26)27/h5-6,8-9,11-12,22H,3-4,7,10,13-21H2,1-2H3,(H,26,27)/b6-5-,9-8-,12-11-. The largest absolute Gasteiger partial charge is 0.479 e. The molecule has 0 aliphatic carbocycles. The molecule has 0 aromatic heterocycles. The number of carbonyl (C=O) groups excluding carboxylic acids is 1. The summed E-state index contributed by atoms with van der Waals surface area (Å²) in [7, 11) is 0. The molecule has 1 unspecified atom stereocenters. The molecule has 0 saturated carbocycles. The van der Waals surface area contributed by atoms with E-state index in [1.807, 2.05) is 0 Å². The van der Waals surface area contributed by atoms with Crippen molar-refractivity contribution in [1.82, 2.24) is 0 Å².